The lowest BCUT2D eigenvalue weighted by atomic mass is 10.2. The van der Waals surface area contributed by atoms with Gasteiger partial charge < -0.3 is 10.4 Å². The summed E-state index contributed by atoms with van der Waals surface area (Å²) in [6, 6.07) is -0.466. The van der Waals surface area contributed by atoms with Crippen molar-refractivity contribution < 1.29 is 9.90 Å². The molecule has 0 bridgehead atoms. The molecule has 1 heterocycles. The minimum atomic E-state index is -0.683. The maximum Gasteiger partial charge on any atom is 0.244 e. The number of hydrogen-bond donors (Lipinski definition) is 2. The molecule has 6 heteroatoms. The van der Waals surface area contributed by atoms with Crippen molar-refractivity contribution in [1.82, 2.24) is 20.3 Å². The quantitative estimate of drug-likeness (QED) is 0.695. The van der Waals surface area contributed by atoms with E-state index in [1.54, 1.807) is 20.9 Å². The fourth-order valence-electron chi connectivity index (χ4n) is 1.17. The smallest absolute Gasteiger partial charge is 0.244 e. The van der Waals surface area contributed by atoms with E-state index in [-0.39, 0.29) is 5.91 Å². The SMILES string of the molecule is CNC(=O)C(C)n1nncc1[C@@H](C)O. The lowest BCUT2D eigenvalue weighted by molar-refractivity contribution is -0.123. The molecule has 0 fully saturated rings. The Morgan fingerprint density at radius 1 is 1.64 bits per heavy atom. The molecular formula is C8H14N4O2. The van der Waals surface area contributed by atoms with Crippen LogP contribution in [-0.2, 0) is 4.79 Å². The zero-order valence-electron chi connectivity index (χ0n) is 8.43. The number of aromatic nitrogens is 3. The summed E-state index contributed by atoms with van der Waals surface area (Å²) in [7, 11) is 1.55. The second-order valence-electron chi connectivity index (χ2n) is 3.07. The molecule has 1 aromatic heterocycles. The van der Waals surface area contributed by atoms with Crippen molar-refractivity contribution in [3.05, 3.63) is 11.9 Å². The highest BCUT2D eigenvalue weighted by Gasteiger charge is 2.19. The molecule has 0 saturated heterocycles. The molecule has 1 unspecified atom stereocenters. The van der Waals surface area contributed by atoms with Crippen molar-refractivity contribution in [2.75, 3.05) is 7.05 Å². The highest BCUT2D eigenvalue weighted by Crippen LogP contribution is 2.14. The molecule has 1 rings (SSSR count). The number of aliphatic hydroxyl groups excluding tert-OH is 1. The number of nitrogens with zero attached hydrogens (tertiary/aromatic N) is 3. The van der Waals surface area contributed by atoms with Crippen molar-refractivity contribution in [2.45, 2.75) is 26.0 Å². The minimum absolute atomic E-state index is 0.169. The predicted molar refractivity (Wildman–Crippen MR) is 49.4 cm³/mol. The number of nitrogens with one attached hydrogen (secondary N) is 1. The van der Waals surface area contributed by atoms with Crippen molar-refractivity contribution in [1.29, 1.82) is 0 Å². The van der Waals surface area contributed by atoms with E-state index in [9.17, 15) is 9.90 Å². The number of hydrogen-bond acceptors (Lipinski definition) is 4. The van der Waals surface area contributed by atoms with Crippen molar-refractivity contribution in [2.24, 2.45) is 0 Å². The van der Waals surface area contributed by atoms with Crippen LogP contribution < -0.4 is 5.32 Å². The van der Waals surface area contributed by atoms with Gasteiger partial charge in [0.2, 0.25) is 5.91 Å². The number of amides is 1. The van der Waals surface area contributed by atoms with Gasteiger partial charge in [-0.25, -0.2) is 4.68 Å². The number of rotatable bonds is 3. The maximum absolute atomic E-state index is 11.3. The van der Waals surface area contributed by atoms with Gasteiger partial charge >= 0.3 is 0 Å². The summed E-state index contributed by atoms with van der Waals surface area (Å²) in [5.41, 5.74) is 0.529. The van der Waals surface area contributed by atoms with E-state index >= 15 is 0 Å². The van der Waals surface area contributed by atoms with Crippen molar-refractivity contribution >= 4 is 5.91 Å². The van der Waals surface area contributed by atoms with Gasteiger partial charge in [-0.2, -0.15) is 0 Å². The molecule has 2 N–H and O–H groups in total. The Balaban J connectivity index is 2.94. The van der Waals surface area contributed by atoms with E-state index < -0.39 is 12.1 Å². The highest BCUT2D eigenvalue weighted by molar-refractivity contribution is 5.79. The van der Waals surface area contributed by atoms with Crippen molar-refractivity contribution in [3.63, 3.8) is 0 Å². The lowest BCUT2D eigenvalue weighted by Crippen LogP contribution is -2.29. The van der Waals surface area contributed by atoms with Gasteiger partial charge in [0, 0.05) is 7.05 Å². The minimum Gasteiger partial charge on any atom is -0.387 e. The van der Waals surface area contributed by atoms with Gasteiger partial charge in [-0.3, -0.25) is 4.79 Å². The van der Waals surface area contributed by atoms with Crippen molar-refractivity contribution in [3.8, 4) is 0 Å². The van der Waals surface area contributed by atoms with Crippen LogP contribution in [0.25, 0.3) is 0 Å². The Hall–Kier alpha value is -1.43. The Kier molecular flexibility index (Phi) is 3.19. The number of aliphatic hydroxyl groups is 1. The molecule has 0 aliphatic heterocycles. The third-order valence-electron chi connectivity index (χ3n) is 2.02. The summed E-state index contributed by atoms with van der Waals surface area (Å²) < 4.78 is 1.41. The molecule has 0 radical (unpaired) electrons. The van der Waals surface area contributed by atoms with Crippen LogP contribution >= 0.6 is 0 Å². The van der Waals surface area contributed by atoms with Gasteiger partial charge in [-0.1, -0.05) is 5.21 Å². The third-order valence-corrected chi connectivity index (χ3v) is 2.02. The van der Waals surface area contributed by atoms with Crippen LogP contribution in [0, 0.1) is 0 Å². The second-order valence-corrected chi connectivity index (χ2v) is 3.07. The van der Waals surface area contributed by atoms with Crippen LogP contribution in [0.4, 0.5) is 0 Å². The molecule has 14 heavy (non-hydrogen) atoms. The zero-order chi connectivity index (χ0) is 10.7. The first-order chi connectivity index (χ1) is 6.57. The number of carbonyl (C=O) groups is 1. The lowest BCUT2D eigenvalue weighted by Gasteiger charge is -2.13. The molecule has 0 spiro atoms. The number of likely N-dealkylation sites (N-methyl/N-ethyl adjacent to an activating group) is 1. The molecule has 0 saturated carbocycles. The van der Waals surface area contributed by atoms with Crippen LogP contribution in [-0.4, -0.2) is 33.1 Å². The van der Waals surface area contributed by atoms with Crippen LogP contribution in [0.5, 0.6) is 0 Å². The summed E-state index contributed by atoms with van der Waals surface area (Å²) in [6.07, 6.45) is 0.765. The average Bonchev–Trinajstić information content (AvgIpc) is 2.63. The molecule has 0 aliphatic rings. The van der Waals surface area contributed by atoms with Crippen LogP contribution in [0.2, 0.25) is 0 Å². The molecule has 2 atom stereocenters. The molecule has 1 aromatic rings. The predicted octanol–water partition coefficient (Wildman–Crippen LogP) is -0.362. The Morgan fingerprint density at radius 3 is 2.79 bits per heavy atom. The first-order valence-corrected chi connectivity index (χ1v) is 4.37. The molecular weight excluding hydrogens is 184 g/mol. The first kappa shape index (κ1) is 10.6. The van der Waals surface area contributed by atoms with Crippen LogP contribution in [0.3, 0.4) is 0 Å². The third kappa shape index (κ3) is 1.90. The largest absolute Gasteiger partial charge is 0.387 e. The van der Waals surface area contributed by atoms with E-state index in [2.05, 4.69) is 15.6 Å². The van der Waals surface area contributed by atoms with Gasteiger partial charge in [0.15, 0.2) is 0 Å². The Morgan fingerprint density at radius 2 is 2.29 bits per heavy atom. The molecule has 0 aliphatic carbocycles. The topological polar surface area (TPSA) is 80.0 Å². The summed E-state index contributed by atoms with van der Waals surface area (Å²) in [5.74, 6) is -0.169. The van der Waals surface area contributed by atoms with Gasteiger partial charge in [0.1, 0.15) is 6.04 Å². The van der Waals surface area contributed by atoms with Gasteiger partial charge in [-0.15, -0.1) is 5.10 Å². The van der Waals surface area contributed by atoms with Gasteiger partial charge in [-0.05, 0) is 13.8 Å². The van der Waals surface area contributed by atoms with Crippen LogP contribution in [0.1, 0.15) is 31.7 Å². The maximum atomic E-state index is 11.3. The van der Waals surface area contributed by atoms with E-state index in [0.717, 1.165) is 0 Å². The van der Waals surface area contributed by atoms with Gasteiger partial charge in [0.25, 0.3) is 0 Å². The monoisotopic (exact) mass is 198 g/mol. The normalized spacial score (nSPS) is 14.9. The fourth-order valence-corrected chi connectivity index (χ4v) is 1.17. The van der Waals surface area contributed by atoms with E-state index in [4.69, 9.17) is 0 Å². The molecule has 6 nitrogen and oxygen atoms in total. The average molecular weight is 198 g/mol. The second kappa shape index (κ2) is 4.19. The molecule has 0 aromatic carbocycles. The summed E-state index contributed by atoms with van der Waals surface area (Å²) in [5, 5.41) is 19.3. The fraction of sp³-hybridized carbons (Fsp3) is 0.625. The Bertz CT molecular complexity index is 321. The zero-order valence-corrected chi connectivity index (χ0v) is 8.43. The number of carbonyl (C=O) groups excluding carboxylic acids is 1. The van der Waals surface area contributed by atoms with E-state index in [0.29, 0.717) is 5.69 Å². The first-order valence-electron chi connectivity index (χ1n) is 4.37. The summed E-state index contributed by atoms with van der Waals surface area (Å²) >= 11 is 0. The van der Waals surface area contributed by atoms with E-state index in [1.165, 1.54) is 10.9 Å². The Labute approximate surface area is 81.9 Å². The standard InChI is InChI=1S/C8H14N4O2/c1-5(8(14)9-3)12-7(6(2)13)4-10-11-12/h4-6,13H,1-3H3,(H,9,14)/t5?,6-/m1/s1. The highest BCUT2D eigenvalue weighted by atomic mass is 16.3. The summed E-state index contributed by atoms with van der Waals surface area (Å²) in [4.78, 5) is 11.3. The van der Waals surface area contributed by atoms with E-state index in [1.807, 2.05) is 0 Å². The summed E-state index contributed by atoms with van der Waals surface area (Å²) in [6.45, 7) is 3.30. The molecule has 78 valence electrons. The molecule has 1 amide bonds. The van der Waals surface area contributed by atoms with Gasteiger partial charge in [0.05, 0.1) is 18.0 Å². The van der Waals surface area contributed by atoms with Crippen LogP contribution in [0.15, 0.2) is 6.20 Å².